The maximum absolute atomic E-state index is 14.2. The van der Waals surface area contributed by atoms with E-state index in [1.807, 2.05) is 33.9 Å². The highest BCUT2D eigenvalue weighted by Crippen LogP contribution is 2.39. The fourth-order valence-electron chi connectivity index (χ4n) is 7.68. The fraction of sp³-hybridized carbons (Fsp3) is 0.345. The number of hydrogen-bond acceptors (Lipinski definition) is 16. The molecule has 17 heteroatoms. The first kappa shape index (κ1) is 52.8. The van der Waals surface area contributed by atoms with Gasteiger partial charge in [0.05, 0.1) is 34.4 Å². The zero-order chi connectivity index (χ0) is 51.4. The Hall–Kier alpha value is -7.02. The third-order valence-electron chi connectivity index (χ3n) is 12.5. The van der Waals surface area contributed by atoms with Crippen molar-refractivity contribution < 1.29 is 75.8 Å². The number of carbonyl (C=O) groups is 6. The van der Waals surface area contributed by atoms with E-state index >= 15 is 0 Å². The normalized spacial score (nSPS) is 22.9. The molecule has 0 aromatic heterocycles. The quantitative estimate of drug-likeness (QED) is 0.0462. The largest absolute Gasteiger partial charge is 0.459 e. The van der Waals surface area contributed by atoms with Crippen molar-refractivity contribution in [2.24, 2.45) is 0 Å². The first-order valence-corrected chi connectivity index (χ1v) is 26.4. The highest BCUT2D eigenvalue weighted by atomic mass is 28.4. The van der Waals surface area contributed by atoms with Crippen LogP contribution in [0.2, 0.25) is 18.1 Å². The molecule has 0 N–H and O–H groups in total. The van der Waals surface area contributed by atoms with Crippen LogP contribution in [0.15, 0.2) is 152 Å². The van der Waals surface area contributed by atoms with Crippen molar-refractivity contribution in [1.29, 1.82) is 0 Å². The van der Waals surface area contributed by atoms with Gasteiger partial charge in [-0.1, -0.05) is 112 Å². The molecule has 0 saturated carbocycles. The van der Waals surface area contributed by atoms with E-state index in [0.717, 1.165) is 6.92 Å². The Kier molecular flexibility index (Phi) is 17.5. The average molecular weight is 1000 g/mol. The van der Waals surface area contributed by atoms with Gasteiger partial charge in [0.15, 0.2) is 39.0 Å². The summed E-state index contributed by atoms with van der Waals surface area (Å²) in [5, 5.41) is -0.312. The molecule has 2 fully saturated rings. The summed E-state index contributed by atoms with van der Waals surface area (Å²) >= 11 is 0. The molecular weight excluding hydrogens is 945 g/mol. The number of carbonyl (C=O) groups excluding carboxylic acids is 6. The smallest absolute Gasteiger partial charge is 0.338 e. The van der Waals surface area contributed by atoms with E-state index in [9.17, 15) is 28.8 Å². The van der Waals surface area contributed by atoms with Crippen LogP contribution in [0.3, 0.4) is 0 Å². The van der Waals surface area contributed by atoms with Crippen LogP contribution in [-0.2, 0) is 51.9 Å². The first-order valence-electron chi connectivity index (χ1n) is 23.5. The Bertz CT molecular complexity index is 2610. The molecule has 0 aliphatic carbocycles. The van der Waals surface area contributed by atoms with Gasteiger partial charge in [-0.15, -0.1) is 0 Å². The number of esters is 6. The van der Waals surface area contributed by atoms with Crippen LogP contribution < -0.4 is 0 Å². The molecule has 2 aliphatic rings. The molecule has 5 aromatic rings. The molecule has 2 saturated heterocycles. The third kappa shape index (κ3) is 13.5. The van der Waals surface area contributed by atoms with Gasteiger partial charge >= 0.3 is 35.8 Å². The zero-order valence-corrected chi connectivity index (χ0v) is 41.8. The molecular formula is C55H58O16Si. The van der Waals surface area contributed by atoms with Crippen LogP contribution in [-0.4, -0.2) is 119 Å². The molecule has 0 amide bonds. The van der Waals surface area contributed by atoms with Gasteiger partial charge in [-0.25, -0.2) is 24.0 Å². The molecule has 5 aromatic carbocycles. The molecule has 0 bridgehead atoms. The van der Waals surface area contributed by atoms with Gasteiger partial charge in [-0.05, 0) is 78.8 Å². The van der Waals surface area contributed by atoms with E-state index in [1.54, 1.807) is 127 Å². The van der Waals surface area contributed by atoms with Gasteiger partial charge in [-0.3, -0.25) is 4.79 Å². The lowest BCUT2D eigenvalue weighted by Gasteiger charge is -2.46. The topological polar surface area (TPSA) is 195 Å². The number of hydrogen-bond donors (Lipinski definition) is 0. The monoisotopic (exact) mass is 1000 g/mol. The third-order valence-corrected chi connectivity index (χ3v) is 17.0. The van der Waals surface area contributed by atoms with Crippen LogP contribution in [0.1, 0.15) is 79.5 Å². The van der Waals surface area contributed by atoms with Crippen molar-refractivity contribution in [2.45, 2.75) is 101 Å². The summed E-state index contributed by atoms with van der Waals surface area (Å²) in [6.07, 6.45) is -13.4. The minimum absolute atomic E-state index is 0.121. The highest BCUT2D eigenvalue weighted by Gasteiger charge is 2.57. The van der Waals surface area contributed by atoms with Crippen molar-refractivity contribution in [3.63, 3.8) is 0 Å². The summed E-state index contributed by atoms with van der Waals surface area (Å²) in [6.45, 7) is 10.0. The van der Waals surface area contributed by atoms with Gasteiger partial charge in [0, 0.05) is 6.92 Å². The first-order chi connectivity index (χ1) is 34.5. The molecule has 0 radical (unpaired) electrons. The molecule has 2 heterocycles. The Morgan fingerprint density at radius 3 is 1.14 bits per heavy atom. The van der Waals surface area contributed by atoms with Gasteiger partial charge in [0.25, 0.3) is 0 Å². The number of benzene rings is 5. The predicted octanol–water partition coefficient (Wildman–Crippen LogP) is 8.21. The summed E-state index contributed by atoms with van der Waals surface area (Å²) in [7, 11) is -2.63. The number of ether oxygens (including phenoxy) is 9. The molecule has 72 heavy (non-hydrogen) atoms. The molecule has 0 unspecified atom stereocenters. The van der Waals surface area contributed by atoms with E-state index in [-0.39, 0.29) is 39.5 Å². The average Bonchev–Trinajstić information content (AvgIpc) is 3.70. The molecule has 9 atom stereocenters. The lowest BCUT2D eigenvalue weighted by molar-refractivity contribution is -0.318. The van der Waals surface area contributed by atoms with Crippen LogP contribution in [0, 0.1) is 0 Å². The summed E-state index contributed by atoms with van der Waals surface area (Å²) < 4.78 is 63.0. The van der Waals surface area contributed by atoms with Gasteiger partial charge in [0.2, 0.25) is 0 Å². The van der Waals surface area contributed by atoms with Crippen LogP contribution in [0.5, 0.6) is 0 Å². The van der Waals surface area contributed by atoms with Crippen molar-refractivity contribution in [3.05, 3.63) is 179 Å². The molecule has 16 nitrogen and oxygen atoms in total. The SMILES string of the molecule is CC(=O)O[C@H]1[C@H](O[C@H]2[C@H](OC(=O)c3ccccc3)[C@@H](COC(=O)c3ccccc3)O[C@@H]2COC(=O)c2ccccc2)O[C@@H](CO[Si](C)(C)C(C)(C)C)[C@@H](OC(=O)c2ccccc2)[C@@H]1OC(=O)c1ccccc1. The van der Waals surface area contributed by atoms with E-state index < -0.39 is 112 Å². The van der Waals surface area contributed by atoms with Crippen LogP contribution in [0.25, 0.3) is 0 Å². The summed E-state index contributed by atoms with van der Waals surface area (Å²) in [5.41, 5.74) is 0.896. The van der Waals surface area contributed by atoms with E-state index in [1.165, 1.54) is 24.3 Å². The van der Waals surface area contributed by atoms with Crippen LogP contribution in [0.4, 0.5) is 0 Å². The highest BCUT2D eigenvalue weighted by molar-refractivity contribution is 6.74. The lowest BCUT2D eigenvalue weighted by atomic mass is 9.97. The molecule has 2 aliphatic heterocycles. The van der Waals surface area contributed by atoms with Crippen molar-refractivity contribution in [2.75, 3.05) is 19.8 Å². The predicted molar refractivity (Wildman–Crippen MR) is 261 cm³/mol. The fourth-order valence-corrected chi connectivity index (χ4v) is 8.70. The van der Waals surface area contributed by atoms with Gasteiger partial charge in [-0.2, -0.15) is 0 Å². The van der Waals surface area contributed by atoms with Crippen LogP contribution >= 0.6 is 0 Å². The van der Waals surface area contributed by atoms with Gasteiger partial charge < -0.3 is 47.1 Å². The maximum Gasteiger partial charge on any atom is 0.338 e. The Balaban J connectivity index is 1.32. The standard InChI is InChI=1S/C55H58O16Si/c1-35(56)65-48-47(70-53(61)40-30-20-11-21-31-40)46(69-52(60)39-28-18-10-19-29-39)43(34-64-72(5,6)55(2,3)4)67-54(48)71-45-42(33-63-50(58)37-24-14-8-15-25-37)66-41(32-62-49(57)36-22-12-7-13-23-36)44(45)68-51(59)38-26-16-9-17-27-38/h7-31,41-48,54H,32-34H2,1-6H3/t41-,42-,43+,44-,45-,46-,47+,48-,54+/m1/s1. The summed E-state index contributed by atoms with van der Waals surface area (Å²) in [4.78, 5) is 82.4. The minimum Gasteiger partial charge on any atom is -0.459 e. The Morgan fingerprint density at radius 1 is 0.431 bits per heavy atom. The second-order valence-electron chi connectivity index (χ2n) is 18.6. The Labute approximate surface area is 418 Å². The lowest BCUT2D eigenvalue weighted by Crippen LogP contribution is -2.64. The van der Waals surface area contributed by atoms with E-state index in [0.29, 0.717) is 0 Å². The molecule has 7 rings (SSSR count). The molecule has 0 spiro atoms. The van der Waals surface area contributed by atoms with Crippen molar-refractivity contribution in [3.8, 4) is 0 Å². The van der Waals surface area contributed by atoms with E-state index in [2.05, 4.69) is 0 Å². The second-order valence-corrected chi connectivity index (χ2v) is 23.4. The van der Waals surface area contributed by atoms with Gasteiger partial charge in [0.1, 0.15) is 37.6 Å². The maximum atomic E-state index is 14.2. The van der Waals surface area contributed by atoms with Crippen molar-refractivity contribution in [1.82, 2.24) is 0 Å². The second kappa shape index (κ2) is 23.9. The van der Waals surface area contributed by atoms with Crippen molar-refractivity contribution >= 4 is 44.1 Å². The van der Waals surface area contributed by atoms with E-state index in [4.69, 9.17) is 47.1 Å². The molecule has 378 valence electrons. The summed E-state index contributed by atoms with van der Waals surface area (Å²) in [6, 6.07) is 40.6. The Morgan fingerprint density at radius 2 is 0.764 bits per heavy atom. The summed E-state index contributed by atoms with van der Waals surface area (Å²) in [5.74, 6) is -4.79. The minimum atomic E-state index is -2.63. The number of rotatable bonds is 18. The zero-order valence-electron chi connectivity index (χ0n) is 40.8.